The molecule has 0 spiro atoms. The number of aromatic nitrogens is 3. The SMILES string of the molecule is O=C(C1CC1)N1CCC(Cc2n[nH]c(=O)n2-c2ccc(Br)cc2)C1. The number of nitrogens with one attached hydrogen (secondary N) is 1. The molecule has 1 saturated heterocycles. The summed E-state index contributed by atoms with van der Waals surface area (Å²) >= 11 is 3.41. The minimum atomic E-state index is -0.226. The van der Waals surface area contributed by atoms with Crippen LogP contribution in [0.1, 0.15) is 25.1 Å². The molecule has 1 N–H and O–H groups in total. The highest BCUT2D eigenvalue weighted by atomic mass is 79.9. The second kappa shape index (κ2) is 6.20. The maximum absolute atomic E-state index is 12.2. The Labute approximate surface area is 148 Å². The summed E-state index contributed by atoms with van der Waals surface area (Å²) < 4.78 is 2.59. The van der Waals surface area contributed by atoms with Gasteiger partial charge in [0.05, 0.1) is 5.69 Å². The Hall–Kier alpha value is -1.89. The van der Waals surface area contributed by atoms with Crippen molar-refractivity contribution in [1.29, 1.82) is 0 Å². The first kappa shape index (κ1) is 15.6. The molecule has 126 valence electrons. The molecule has 0 radical (unpaired) electrons. The Morgan fingerprint density at radius 3 is 2.71 bits per heavy atom. The summed E-state index contributed by atoms with van der Waals surface area (Å²) in [7, 11) is 0. The van der Waals surface area contributed by atoms with Gasteiger partial charge in [0.1, 0.15) is 5.82 Å². The zero-order chi connectivity index (χ0) is 16.7. The molecule has 6 nitrogen and oxygen atoms in total. The van der Waals surface area contributed by atoms with Crippen molar-refractivity contribution in [2.45, 2.75) is 25.7 Å². The summed E-state index contributed by atoms with van der Waals surface area (Å²) in [4.78, 5) is 26.3. The Kier molecular flexibility index (Phi) is 4.04. The number of hydrogen-bond donors (Lipinski definition) is 1. The molecule has 0 bridgehead atoms. The molecule has 1 aromatic heterocycles. The molecule has 4 rings (SSSR count). The number of nitrogens with zero attached hydrogens (tertiary/aromatic N) is 3. The molecule has 1 aromatic carbocycles. The molecule has 2 aromatic rings. The topological polar surface area (TPSA) is 71.0 Å². The van der Waals surface area contributed by atoms with Gasteiger partial charge in [-0.05, 0) is 49.4 Å². The molecule has 1 unspecified atom stereocenters. The minimum Gasteiger partial charge on any atom is -0.342 e. The molecule has 2 heterocycles. The van der Waals surface area contributed by atoms with E-state index in [4.69, 9.17) is 0 Å². The first-order valence-corrected chi connectivity index (χ1v) is 9.12. The molecule has 2 fully saturated rings. The summed E-state index contributed by atoms with van der Waals surface area (Å²) in [6.45, 7) is 1.60. The van der Waals surface area contributed by atoms with E-state index in [1.807, 2.05) is 29.2 Å². The predicted molar refractivity (Wildman–Crippen MR) is 93.0 cm³/mol. The van der Waals surface area contributed by atoms with Crippen molar-refractivity contribution in [2.24, 2.45) is 11.8 Å². The van der Waals surface area contributed by atoms with E-state index in [1.54, 1.807) is 4.57 Å². The van der Waals surface area contributed by atoms with Crippen LogP contribution in [0.15, 0.2) is 33.5 Å². The van der Waals surface area contributed by atoms with Gasteiger partial charge in [0.25, 0.3) is 0 Å². The lowest BCUT2D eigenvalue weighted by molar-refractivity contribution is -0.131. The van der Waals surface area contributed by atoms with E-state index < -0.39 is 0 Å². The van der Waals surface area contributed by atoms with Crippen LogP contribution in [0.3, 0.4) is 0 Å². The largest absolute Gasteiger partial charge is 0.347 e. The number of carbonyl (C=O) groups excluding carboxylic acids is 1. The Morgan fingerprint density at radius 2 is 2.00 bits per heavy atom. The highest BCUT2D eigenvalue weighted by molar-refractivity contribution is 9.10. The van der Waals surface area contributed by atoms with Gasteiger partial charge in [-0.25, -0.2) is 14.5 Å². The third-order valence-electron chi connectivity index (χ3n) is 4.82. The van der Waals surface area contributed by atoms with Gasteiger partial charge < -0.3 is 4.90 Å². The lowest BCUT2D eigenvalue weighted by atomic mass is 10.0. The molecule has 24 heavy (non-hydrogen) atoms. The first-order valence-electron chi connectivity index (χ1n) is 8.33. The van der Waals surface area contributed by atoms with E-state index in [-0.39, 0.29) is 11.6 Å². The van der Waals surface area contributed by atoms with Crippen LogP contribution in [0.5, 0.6) is 0 Å². The third-order valence-corrected chi connectivity index (χ3v) is 5.35. The van der Waals surface area contributed by atoms with Gasteiger partial charge in [0.2, 0.25) is 5.91 Å². The van der Waals surface area contributed by atoms with Crippen LogP contribution in [0.2, 0.25) is 0 Å². The predicted octanol–water partition coefficient (Wildman–Crippen LogP) is 2.12. The van der Waals surface area contributed by atoms with Crippen LogP contribution in [-0.2, 0) is 11.2 Å². The molecular formula is C17H19BrN4O2. The normalized spacial score (nSPS) is 20.5. The van der Waals surface area contributed by atoms with Crippen LogP contribution in [0, 0.1) is 11.8 Å². The van der Waals surface area contributed by atoms with Crippen molar-refractivity contribution in [3.05, 3.63) is 45.0 Å². The summed E-state index contributed by atoms with van der Waals surface area (Å²) in [6, 6.07) is 7.60. The van der Waals surface area contributed by atoms with Gasteiger partial charge in [-0.3, -0.25) is 4.79 Å². The quantitative estimate of drug-likeness (QED) is 0.868. The van der Waals surface area contributed by atoms with Gasteiger partial charge in [-0.15, -0.1) is 0 Å². The van der Waals surface area contributed by atoms with E-state index in [2.05, 4.69) is 26.1 Å². The Balaban J connectivity index is 1.50. The monoisotopic (exact) mass is 390 g/mol. The number of halogens is 1. The zero-order valence-corrected chi connectivity index (χ0v) is 14.8. The highest BCUT2D eigenvalue weighted by Gasteiger charge is 2.36. The van der Waals surface area contributed by atoms with E-state index in [0.717, 1.165) is 48.3 Å². The summed E-state index contributed by atoms with van der Waals surface area (Å²) in [5, 5.41) is 6.76. The van der Waals surface area contributed by atoms with Gasteiger partial charge in [0.15, 0.2) is 0 Å². The van der Waals surface area contributed by atoms with Crippen LogP contribution in [0.4, 0.5) is 0 Å². The van der Waals surface area contributed by atoms with Crippen LogP contribution in [0.25, 0.3) is 5.69 Å². The average molecular weight is 391 g/mol. The average Bonchev–Trinajstić information content (AvgIpc) is 3.23. The number of amides is 1. The fourth-order valence-corrected chi connectivity index (χ4v) is 3.63. The van der Waals surface area contributed by atoms with Crippen molar-refractivity contribution < 1.29 is 4.79 Å². The molecule has 1 aliphatic heterocycles. The highest BCUT2D eigenvalue weighted by Crippen LogP contribution is 2.33. The van der Waals surface area contributed by atoms with E-state index >= 15 is 0 Å². The lowest BCUT2D eigenvalue weighted by Gasteiger charge is -2.16. The van der Waals surface area contributed by atoms with E-state index in [1.165, 1.54) is 0 Å². The van der Waals surface area contributed by atoms with Crippen LogP contribution < -0.4 is 5.69 Å². The standard InChI is InChI=1S/C17H19BrN4O2/c18-13-3-5-14(6-4-13)22-15(19-20-17(22)24)9-11-7-8-21(10-11)16(23)12-1-2-12/h3-6,11-12H,1-2,7-10H2,(H,20,24). The number of carbonyl (C=O) groups is 1. The maximum Gasteiger partial charge on any atom is 0.347 e. The maximum atomic E-state index is 12.2. The number of rotatable bonds is 4. The Morgan fingerprint density at radius 1 is 1.25 bits per heavy atom. The van der Waals surface area contributed by atoms with Gasteiger partial charge in [0, 0.05) is 29.9 Å². The van der Waals surface area contributed by atoms with Gasteiger partial charge in [-0.2, -0.15) is 5.10 Å². The first-order chi connectivity index (χ1) is 11.6. The lowest BCUT2D eigenvalue weighted by Crippen LogP contribution is -2.30. The number of H-pyrrole nitrogens is 1. The van der Waals surface area contributed by atoms with Crippen molar-refractivity contribution in [3.8, 4) is 5.69 Å². The van der Waals surface area contributed by atoms with E-state index in [0.29, 0.717) is 18.2 Å². The number of benzene rings is 1. The second-order valence-corrected chi connectivity index (χ2v) is 7.59. The third kappa shape index (κ3) is 3.05. The van der Waals surface area contributed by atoms with Crippen LogP contribution in [-0.4, -0.2) is 38.7 Å². The molecular weight excluding hydrogens is 372 g/mol. The zero-order valence-electron chi connectivity index (χ0n) is 13.2. The molecule has 7 heteroatoms. The van der Waals surface area contributed by atoms with Crippen LogP contribution >= 0.6 is 15.9 Å². The second-order valence-electron chi connectivity index (χ2n) is 6.67. The van der Waals surface area contributed by atoms with Crippen molar-refractivity contribution in [3.63, 3.8) is 0 Å². The fourth-order valence-electron chi connectivity index (χ4n) is 3.37. The Bertz CT molecular complexity index is 807. The molecule has 1 amide bonds. The summed E-state index contributed by atoms with van der Waals surface area (Å²) in [5.41, 5.74) is 0.576. The fraction of sp³-hybridized carbons (Fsp3) is 0.471. The molecule has 1 aliphatic carbocycles. The number of aromatic amines is 1. The molecule has 2 aliphatic rings. The number of hydrogen-bond acceptors (Lipinski definition) is 3. The van der Waals surface area contributed by atoms with Crippen molar-refractivity contribution in [2.75, 3.05) is 13.1 Å². The van der Waals surface area contributed by atoms with Crippen molar-refractivity contribution in [1.82, 2.24) is 19.7 Å². The van der Waals surface area contributed by atoms with Crippen molar-refractivity contribution >= 4 is 21.8 Å². The van der Waals surface area contributed by atoms with E-state index in [9.17, 15) is 9.59 Å². The van der Waals surface area contributed by atoms with Gasteiger partial charge >= 0.3 is 5.69 Å². The molecule has 1 saturated carbocycles. The van der Waals surface area contributed by atoms with Gasteiger partial charge in [-0.1, -0.05) is 15.9 Å². The summed E-state index contributed by atoms with van der Waals surface area (Å²) in [5.74, 6) is 1.67. The smallest absolute Gasteiger partial charge is 0.342 e. The molecule has 1 atom stereocenters. The number of likely N-dealkylation sites (tertiary alicyclic amines) is 1. The minimum absolute atomic E-state index is 0.226. The summed E-state index contributed by atoms with van der Waals surface area (Å²) in [6.07, 6.45) is 3.76.